The van der Waals surface area contributed by atoms with Crippen LogP contribution in [0.3, 0.4) is 0 Å². The molecule has 0 saturated carbocycles. The monoisotopic (exact) mass is 220 g/mol. The number of fused-ring (bicyclic) bond motifs is 5. The molecule has 0 heterocycles. The highest BCUT2D eigenvalue weighted by Gasteiger charge is 2.25. The van der Waals surface area contributed by atoms with Gasteiger partial charge < -0.3 is 0 Å². The molecule has 0 nitrogen and oxygen atoms in total. The number of benzene rings is 2. The lowest BCUT2D eigenvalue weighted by atomic mass is 9.94. The van der Waals surface area contributed by atoms with Gasteiger partial charge in [-0.2, -0.15) is 0 Å². The summed E-state index contributed by atoms with van der Waals surface area (Å²) < 4.78 is 0. The van der Waals surface area contributed by atoms with Crippen LogP contribution in [0.4, 0.5) is 0 Å². The van der Waals surface area contributed by atoms with Gasteiger partial charge in [-0.3, -0.25) is 0 Å². The smallest absolute Gasteiger partial charge is 0.00106 e. The molecule has 0 amide bonds. The van der Waals surface area contributed by atoms with Crippen molar-refractivity contribution < 1.29 is 0 Å². The average molecular weight is 220 g/mol. The molecule has 2 aliphatic carbocycles. The van der Waals surface area contributed by atoms with Crippen LogP contribution in [0.2, 0.25) is 0 Å². The summed E-state index contributed by atoms with van der Waals surface area (Å²) in [6.45, 7) is 2.28. The lowest BCUT2D eigenvalue weighted by Crippen LogP contribution is -1.94. The second kappa shape index (κ2) is 3.22. The highest BCUT2D eigenvalue weighted by atomic mass is 14.3. The van der Waals surface area contributed by atoms with Gasteiger partial charge in [0.15, 0.2) is 0 Å². The highest BCUT2D eigenvalue weighted by molar-refractivity contribution is 5.79. The van der Waals surface area contributed by atoms with Gasteiger partial charge >= 0.3 is 0 Å². The van der Waals surface area contributed by atoms with Gasteiger partial charge in [-0.15, -0.1) is 0 Å². The lowest BCUT2D eigenvalue weighted by Gasteiger charge is -2.11. The maximum atomic E-state index is 2.42. The Hall–Kier alpha value is -1.56. The SMILES string of the molecule is Cc1cc2c(c3c1CCC3)Cc1ccccc1-2. The zero-order chi connectivity index (χ0) is 11.4. The molecule has 4 rings (SSSR count). The van der Waals surface area contributed by atoms with Crippen molar-refractivity contribution in [2.75, 3.05) is 0 Å². The topological polar surface area (TPSA) is 0 Å². The molecule has 0 fully saturated rings. The molecule has 0 aliphatic heterocycles. The minimum absolute atomic E-state index is 1.16. The minimum atomic E-state index is 1.16. The van der Waals surface area contributed by atoms with Crippen molar-refractivity contribution in [2.24, 2.45) is 0 Å². The maximum Gasteiger partial charge on any atom is -0.00106 e. The molecule has 0 unspecified atom stereocenters. The van der Waals surface area contributed by atoms with Crippen LogP contribution >= 0.6 is 0 Å². The number of hydrogen-bond donors (Lipinski definition) is 0. The first-order valence-electron chi connectivity index (χ1n) is 6.57. The van der Waals surface area contributed by atoms with Crippen LogP contribution in [0.15, 0.2) is 30.3 Å². The molecule has 0 radical (unpaired) electrons. The molecule has 2 aromatic carbocycles. The summed E-state index contributed by atoms with van der Waals surface area (Å²) >= 11 is 0. The van der Waals surface area contributed by atoms with Gasteiger partial charge in [-0.25, -0.2) is 0 Å². The van der Waals surface area contributed by atoms with E-state index in [0.29, 0.717) is 0 Å². The van der Waals surface area contributed by atoms with Crippen LogP contribution in [0, 0.1) is 6.92 Å². The van der Waals surface area contributed by atoms with E-state index in [1.54, 1.807) is 16.7 Å². The van der Waals surface area contributed by atoms with Crippen LogP contribution < -0.4 is 0 Å². The molecule has 0 aromatic heterocycles. The molecule has 0 N–H and O–H groups in total. The Bertz CT molecular complexity index is 620. The third kappa shape index (κ3) is 1.18. The molecule has 84 valence electrons. The summed E-state index contributed by atoms with van der Waals surface area (Å²) in [6, 6.07) is 11.3. The Morgan fingerprint density at radius 1 is 0.882 bits per heavy atom. The molecule has 2 aliphatic rings. The van der Waals surface area contributed by atoms with Gasteiger partial charge in [0.05, 0.1) is 0 Å². The summed E-state index contributed by atoms with van der Waals surface area (Å²) in [7, 11) is 0. The van der Waals surface area contributed by atoms with Gasteiger partial charge in [0.2, 0.25) is 0 Å². The van der Waals surface area contributed by atoms with Crippen LogP contribution in [-0.4, -0.2) is 0 Å². The fraction of sp³-hybridized carbons (Fsp3) is 0.294. The Morgan fingerprint density at radius 3 is 2.65 bits per heavy atom. The third-order valence-corrected chi connectivity index (χ3v) is 4.42. The Morgan fingerprint density at radius 2 is 1.71 bits per heavy atom. The van der Waals surface area contributed by atoms with Crippen molar-refractivity contribution >= 4 is 0 Å². The van der Waals surface area contributed by atoms with E-state index in [2.05, 4.69) is 37.3 Å². The molecule has 0 saturated heterocycles. The number of aryl methyl sites for hydroxylation is 1. The van der Waals surface area contributed by atoms with Gasteiger partial charge in [0.1, 0.15) is 0 Å². The Kier molecular flexibility index (Phi) is 1.80. The summed E-state index contributed by atoms with van der Waals surface area (Å²) in [5.41, 5.74) is 11.0. The number of hydrogen-bond acceptors (Lipinski definition) is 0. The van der Waals surface area contributed by atoms with E-state index in [-0.39, 0.29) is 0 Å². The van der Waals surface area contributed by atoms with E-state index in [4.69, 9.17) is 0 Å². The largest absolute Gasteiger partial charge is 0.0619 e. The van der Waals surface area contributed by atoms with Crippen molar-refractivity contribution in [3.63, 3.8) is 0 Å². The minimum Gasteiger partial charge on any atom is -0.0619 e. The van der Waals surface area contributed by atoms with Crippen molar-refractivity contribution in [3.05, 3.63) is 58.1 Å². The number of rotatable bonds is 0. The average Bonchev–Trinajstić information content (AvgIpc) is 2.93. The normalized spacial score (nSPS) is 15.6. The van der Waals surface area contributed by atoms with E-state index in [9.17, 15) is 0 Å². The molecular formula is C17H16. The summed E-state index contributed by atoms with van der Waals surface area (Å²) in [6.07, 6.45) is 5.11. The second-order valence-electron chi connectivity index (χ2n) is 5.36. The predicted molar refractivity (Wildman–Crippen MR) is 71.4 cm³/mol. The summed E-state index contributed by atoms with van der Waals surface area (Å²) in [4.78, 5) is 0. The van der Waals surface area contributed by atoms with Crippen LogP contribution in [-0.2, 0) is 19.3 Å². The van der Waals surface area contributed by atoms with Gasteiger partial charge in [-0.1, -0.05) is 30.3 Å². The van der Waals surface area contributed by atoms with E-state index in [1.807, 2.05) is 0 Å². The van der Waals surface area contributed by atoms with Gasteiger partial charge in [-0.05, 0) is 71.6 Å². The van der Waals surface area contributed by atoms with Crippen molar-refractivity contribution in [2.45, 2.75) is 32.6 Å². The third-order valence-electron chi connectivity index (χ3n) is 4.42. The predicted octanol–water partition coefficient (Wildman–Crippen LogP) is 4.05. The van der Waals surface area contributed by atoms with E-state index in [1.165, 1.54) is 41.5 Å². The first-order chi connectivity index (χ1) is 8.34. The quantitative estimate of drug-likeness (QED) is 0.536. The lowest BCUT2D eigenvalue weighted by molar-refractivity contribution is 0.906. The van der Waals surface area contributed by atoms with Gasteiger partial charge in [0.25, 0.3) is 0 Å². The first kappa shape index (κ1) is 9.47. The Balaban J connectivity index is 2.04. The van der Waals surface area contributed by atoms with Crippen molar-refractivity contribution in [1.82, 2.24) is 0 Å². The second-order valence-corrected chi connectivity index (χ2v) is 5.36. The van der Waals surface area contributed by atoms with Crippen LogP contribution in [0.1, 0.15) is 34.2 Å². The molecule has 0 bridgehead atoms. The summed E-state index contributed by atoms with van der Waals surface area (Å²) in [5, 5.41) is 0. The van der Waals surface area contributed by atoms with E-state index in [0.717, 1.165) is 6.42 Å². The van der Waals surface area contributed by atoms with Gasteiger partial charge in [0, 0.05) is 0 Å². The molecule has 2 aromatic rings. The van der Waals surface area contributed by atoms with Crippen LogP contribution in [0.5, 0.6) is 0 Å². The summed E-state index contributed by atoms with van der Waals surface area (Å²) in [5.74, 6) is 0. The van der Waals surface area contributed by atoms with E-state index < -0.39 is 0 Å². The van der Waals surface area contributed by atoms with Crippen LogP contribution in [0.25, 0.3) is 11.1 Å². The Labute approximate surface area is 102 Å². The van der Waals surface area contributed by atoms with Crippen molar-refractivity contribution in [1.29, 1.82) is 0 Å². The molecule has 0 spiro atoms. The fourth-order valence-corrected chi connectivity index (χ4v) is 3.64. The standard InChI is InChI=1S/C17H16/c1-11-9-16-14-6-3-2-5-12(14)10-17(16)15-8-4-7-13(11)15/h2-3,5-6,9H,4,7-8,10H2,1H3. The first-order valence-corrected chi connectivity index (χ1v) is 6.57. The molecular weight excluding hydrogens is 204 g/mol. The van der Waals surface area contributed by atoms with E-state index >= 15 is 0 Å². The molecule has 17 heavy (non-hydrogen) atoms. The zero-order valence-corrected chi connectivity index (χ0v) is 10.2. The highest BCUT2D eigenvalue weighted by Crippen LogP contribution is 2.42. The molecule has 0 heteroatoms. The maximum absolute atomic E-state index is 2.42. The zero-order valence-electron chi connectivity index (χ0n) is 10.2. The fourth-order valence-electron chi connectivity index (χ4n) is 3.64. The van der Waals surface area contributed by atoms with Crippen molar-refractivity contribution in [3.8, 4) is 11.1 Å². The molecule has 0 atom stereocenters.